The maximum Gasteiger partial charge on any atom is 0.0701 e. The standard InChI is InChI=1S/C14H20BrNOS/c1-16-9-14(8-11-4-5-12(15)18-11)6-7-17-13(14)10-2-3-10/h4-5,10,13,16H,2-3,6-9H2,1H3. The van der Waals surface area contributed by atoms with E-state index in [0.717, 1.165) is 25.5 Å². The number of hydrogen-bond donors (Lipinski definition) is 1. The summed E-state index contributed by atoms with van der Waals surface area (Å²) >= 11 is 5.43. The van der Waals surface area contributed by atoms with Crippen LogP contribution >= 0.6 is 27.3 Å². The first kappa shape index (κ1) is 13.1. The van der Waals surface area contributed by atoms with E-state index in [-0.39, 0.29) is 0 Å². The number of hydrogen-bond acceptors (Lipinski definition) is 3. The van der Waals surface area contributed by atoms with Gasteiger partial charge >= 0.3 is 0 Å². The lowest BCUT2D eigenvalue weighted by atomic mass is 9.75. The minimum absolute atomic E-state index is 0.320. The van der Waals surface area contributed by atoms with Crippen LogP contribution in [0.4, 0.5) is 0 Å². The van der Waals surface area contributed by atoms with Gasteiger partial charge in [0.25, 0.3) is 0 Å². The minimum atomic E-state index is 0.320. The number of nitrogens with one attached hydrogen (secondary N) is 1. The van der Waals surface area contributed by atoms with E-state index in [4.69, 9.17) is 4.74 Å². The molecule has 1 saturated carbocycles. The molecule has 2 aliphatic rings. The molecule has 3 rings (SSSR count). The van der Waals surface area contributed by atoms with Crippen molar-refractivity contribution in [2.75, 3.05) is 20.2 Å². The van der Waals surface area contributed by atoms with Crippen molar-refractivity contribution in [3.05, 3.63) is 20.8 Å². The Hall–Kier alpha value is 0.1000. The molecule has 2 atom stereocenters. The molecule has 1 N–H and O–H groups in total. The molecule has 1 saturated heterocycles. The molecule has 1 aliphatic carbocycles. The Morgan fingerprint density at radius 2 is 2.33 bits per heavy atom. The molecule has 18 heavy (non-hydrogen) atoms. The van der Waals surface area contributed by atoms with Gasteiger partial charge in [-0.25, -0.2) is 0 Å². The van der Waals surface area contributed by atoms with Crippen LogP contribution in [0.5, 0.6) is 0 Å². The molecular weight excluding hydrogens is 310 g/mol. The van der Waals surface area contributed by atoms with Crippen LogP contribution in [-0.2, 0) is 11.2 Å². The van der Waals surface area contributed by atoms with E-state index < -0.39 is 0 Å². The van der Waals surface area contributed by atoms with Gasteiger partial charge < -0.3 is 10.1 Å². The smallest absolute Gasteiger partial charge is 0.0701 e. The van der Waals surface area contributed by atoms with E-state index in [2.05, 4.69) is 40.4 Å². The maximum atomic E-state index is 6.08. The van der Waals surface area contributed by atoms with Crippen molar-refractivity contribution < 1.29 is 4.74 Å². The van der Waals surface area contributed by atoms with Crippen LogP contribution in [0.3, 0.4) is 0 Å². The van der Waals surface area contributed by atoms with Gasteiger partial charge in [0.1, 0.15) is 0 Å². The van der Waals surface area contributed by atoms with Crippen LogP contribution in [0.15, 0.2) is 15.9 Å². The fourth-order valence-corrected chi connectivity index (χ4v) is 4.97. The van der Waals surface area contributed by atoms with Crippen molar-refractivity contribution in [1.29, 1.82) is 0 Å². The third kappa shape index (κ3) is 2.53. The molecule has 1 aromatic heterocycles. The fraction of sp³-hybridized carbons (Fsp3) is 0.714. The summed E-state index contributed by atoms with van der Waals surface area (Å²) in [6.45, 7) is 2.01. The molecule has 2 heterocycles. The van der Waals surface area contributed by atoms with Gasteiger partial charge in [0.15, 0.2) is 0 Å². The SMILES string of the molecule is CNCC1(Cc2ccc(Br)s2)CCOC1C1CC1. The first-order chi connectivity index (χ1) is 8.73. The van der Waals surface area contributed by atoms with Gasteiger partial charge in [-0.15, -0.1) is 11.3 Å². The van der Waals surface area contributed by atoms with Gasteiger partial charge in [-0.05, 0) is 66.7 Å². The highest BCUT2D eigenvalue weighted by Crippen LogP contribution is 2.49. The maximum absolute atomic E-state index is 6.08. The largest absolute Gasteiger partial charge is 0.377 e. The third-order valence-corrected chi connectivity index (χ3v) is 5.86. The molecule has 100 valence electrons. The summed E-state index contributed by atoms with van der Waals surface area (Å²) in [5.41, 5.74) is 0.320. The Labute approximate surface area is 121 Å². The molecule has 2 unspecified atom stereocenters. The zero-order chi connectivity index (χ0) is 12.6. The Kier molecular flexibility index (Phi) is 3.81. The number of ether oxygens (including phenoxy) is 1. The molecule has 0 aromatic carbocycles. The van der Waals surface area contributed by atoms with Crippen LogP contribution in [0.2, 0.25) is 0 Å². The van der Waals surface area contributed by atoms with Crippen molar-refractivity contribution in [2.45, 2.75) is 31.8 Å². The first-order valence-corrected chi connectivity index (χ1v) is 8.35. The molecule has 0 bridgehead atoms. The predicted octanol–water partition coefficient (Wildman–Crippen LogP) is 3.46. The Balaban J connectivity index is 1.81. The van der Waals surface area contributed by atoms with Gasteiger partial charge in [-0.2, -0.15) is 0 Å². The molecular formula is C14H20BrNOS. The molecule has 0 amide bonds. The average Bonchev–Trinajstić information content (AvgIpc) is 2.98. The molecule has 2 fully saturated rings. The summed E-state index contributed by atoms with van der Waals surface area (Å²) in [6.07, 6.45) is 5.57. The lowest BCUT2D eigenvalue weighted by Crippen LogP contribution is -2.42. The monoisotopic (exact) mass is 329 g/mol. The molecule has 4 heteroatoms. The van der Waals surface area contributed by atoms with Crippen LogP contribution in [0.1, 0.15) is 24.1 Å². The lowest BCUT2D eigenvalue weighted by Gasteiger charge is -2.34. The highest BCUT2D eigenvalue weighted by Gasteiger charge is 2.50. The van der Waals surface area contributed by atoms with Gasteiger partial charge in [0.2, 0.25) is 0 Å². The molecule has 1 aliphatic heterocycles. The van der Waals surface area contributed by atoms with E-state index in [0.29, 0.717) is 11.5 Å². The van der Waals surface area contributed by atoms with Crippen molar-refractivity contribution >= 4 is 27.3 Å². The fourth-order valence-electron chi connectivity index (χ4n) is 3.33. The molecule has 2 nitrogen and oxygen atoms in total. The second kappa shape index (κ2) is 5.23. The van der Waals surface area contributed by atoms with E-state index in [1.165, 1.54) is 27.9 Å². The second-order valence-electron chi connectivity index (χ2n) is 5.65. The van der Waals surface area contributed by atoms with Crippen LogP contribution in [0, 0.1) is 11.3 Å². The summed E-state index contributed by atoms with van der Waals surface area (Å²) in [7, 11) is 2.06. The summed E-state index contributed by atoms with van der Waals surface area (Å²) in [6, 6.07) is 4.42. The van der Waals surface area contributed by atoms with Crippen molar-refractivity contribution in [2.24, 2.45) is 11.3 Å². The second-order valence-corrected chi connectivity index (χ2v) is 8.20. The quantitative estimate of drug-likeness (QED) is 0.893. The highest BCUT2D eigenvalue weighted by molar-refractivity contribution is 9.11. The van der Waals surface area contributed by atoms with Crippen LogP contribution < -0.4 is 5.32 Å². The summed E-state index contributed by atoms with van der Waals surface area (Å²) in [4.78, 5) is 1.48. The predicted molar refractivity (Wildman–Crippen MR) is 79.2 cm³/mol. The minimum Gasteiger partial charge on any atom is -0.377 e. The Morgan fingerprint density at radius 1 is 1.50 bits per heavy atom. The zero-order valence-electron chi connectivity index (χ0n) is 10.7. The summed E-state index contributed by atoms with van der Waals surface area (Å²) in [5.74, 6) is 0.823. The summed E-state index contributed by atoms with van der Waals surface area (Å²) < 4.78 is 7.31. The van der Waals surface area contributed by atoms with E-state index in [1.807, 2.05) is 11.3 Å². The van der Waals surface area contributed by atoms with Gasteiger partial charge in [0, 0.05) is 23.4 Å². The number of thiophene rings is 1. The zero-order valence-corrected chi connectivity index (χ0v) is 13.1. The summed E-state index contributed by atoms with van der Waals surface area (Å²) in [5, 5.41) is 3.40. The molecule has 1 aromatic rings. The highest BCUT2D eigenvalue weighted by atomic mass is 79.9. The van der Waals surface area contributed by atoms with E-state index >= 15 is 0 Å². The molecule has 0 spiro atoms. The number of halogens is 1. The van der Waals surface area contributed by atoms with E-state index in [9.17, 15) is 0 Å². The van der Waals surface area contributed by atoms with Crippen LogP contribution in [-0.4, -0.2) is 26.3 Å². The normalized spacial score (nSPS) is 32.0. The number of rotatable bonds is 5. The van der Waals surface area contributed by atoms with E-state index in [1.54, 1.807) is 0 Å². The van der Waals surface area contributed by atoms with Crippen LogP contribution in [0.25, 0.3) is 0 Å². The van der Waals surface area contributed by atoms with Crippen molar-refractivity contribution in [3.8, 4) is 0 Å². The van der Waals surface area contributed by atoms with Crippen molar-refractivity contribution in [3.63, 3.8) is 0 Å². The molecule has 0 radical (unpaired) electrons. The Morgan fingerprint density at radius 3 is 2.94 bits per heavy atom. The topological polar surface area (TPSA) is 21.3 Å². The average molecular weight is 330 g/mol. The van der Waals surface area contributed by atoms with Gasteiger partial charge in [-0.1, -0.05) is 0 Å². The third-order valence-electron chi connectivity index (χ3n) is 4.24. The lowest BCUT2D eigenvalue weighted by molar-refractivity contribution is 0.0318. The first-order valence-electron chi connectivity index (χ1n) is 6.74. The Bertz CT molecular complexity index is 418. The van der Waals surface area contributed by atoms with Crippen molar-refractivity contribution in [1.82, 2.24) is 5.32 Å². The van der Waals surface area contributed by atoms with Gasteiger partial charge in [-0.3, -0.25) is 0 Å². The van der Waals surface area contributed by atoms with Gasteiger partial charge in [0.05, 0.1) is 9.89 Å².